The second-order valence-corrected chi connectivity index (χ2v) is 7.64. The van der Waals surface area contributed by atoms with Crippen molar-refractivity contribution in [3.63, 3.8) is 0 Å². The Hall–Kier alpha value is -1.30. The number of hydrogen-bond donors (Lipinski definition) is 3. The molecule has 1 aromatic carbocycles. The molecular weight excluding hydrogens is 361 g/mol. The fourth-order valence-electron chi connectivity index (χ4n) is 3.29. The van der Waals surface area contributed by atoms with Crippen molar-refractivity contribution in [2.45, 2.75) is 57.0 Å². The molecule has 0 radical (unpaired) electrons. The van der Waals surface area contributed by atoms with Crippen molar-refractivity contribution < 1.29 is 9.59 Å². The molecule has 0 saturated heterocycles. The Morgan fingerprint density at radius 1 is 1.24 bits per heavy atom. The first-order valence-electron chi connectivity index (χ1n) is 8.57. The molecule has 2 atom stereocenters. The van der Waals surface area contributed by atoms with Crippen LogP contribution in [0.3, 0.4) is 0 Å². The molecule has 4 N–H and O–H groups in total. The number of anilines is 1. The zero-order valence-corrected chi connectivity index (χ0v) is 15.9. The quantitative estimate of drug-likeness (QED) is 0.741. The highest BCUT2D eigenvalue weighted by molar-refractivity contribution is 6.34. The Bertz CT molecular complexity index is 660. The molecule has 0 aliphatic heterocycles. The first-order chi connectivity index (χ1) is 11.4. The Balaban J connectivity index is 0.00000225. The highest BCUT2D eigenvalue weighted by Crippen LogP contribution is 2.33. The van der Waals surface area contributed by atoms with E-state index in [9.17, 15) is 9.59 Å². The molecule has 0 spiro atoms. The molecule has 2 amide bonds. The van der Waals surface area contributed by atoms with Gasteiger partial charge in [-0.25, -0.2) is 0 Å². The van der Waals surface area contributed by atoms with Crippen LogP contribution in [0.25, 0.3) is 0 Å². The normalized spacial score (nSPS) is 25.6. The largest absolute Gasteiger partial charge is 0.349 e. The molecule has 0 aromatic heterocycles. The fraction of sp³-hybridized carbons (Fsp3) is 0.556. The minimum Gasteiger partial charge on any atom is -0.349 e. The van der Waals surface area contributed by atoms with Crippen molar-refractivity contribution in [1.29, 1.82) is 0 Å². The van der Waals surface area contributed by atoms with Crippen molar-refractivity contribution >= 4 is 41.5 Å². The summed E-state index contributed by atoms with van der Waals surface area (Å²) in [5, 5.41) is 6.19. The van der Waals surface area contributed by atoms with Gasteiger partial charge in [0.2, 0.25) is 5.91 Å². The highest BCUT2D eigenvalue weighted by Gasteiger charge is 2.37. The van der Waals surface area contributed by atoms with Gasteiger partial charge in [0.15, 0.2) is 0 Å². The van der Waals surface area contributed by atoms with Crippen molar-refractivity contribution in [2.24, 2.45) is 11.7 Å². The third-order valence-electron chi connectivity index (χ3n) is 4.96. The van der Waals surface area contributed by atoms with E-state index < -0.39 is 5.54 Å². The van der Waals surface area contributed by atoms with Gasteiger partial charge in [0.1, 0.15) is 0 Å². The molecule has 2 aliphatic carbocycles. The maximum absolute atomic E-state index is 12.6. The summed E-state index contributed by atoms with van der Waals surface area (Å²) in [6.07, 6.45) is 5.74. The minimum absolute atomic E-state index is 0. The van der Waals surface area contributed by atoms with Crippen LogP contribution in [0, 0.1) is 5.92 Å². The second-order valence-electron chi connectivity index (χ2n) is 7.24. The Kier molecular flexibility index (Phi) is 6.35. The lowest BCUT2D eigenvalue weighted by Gasteiger charge is -2.37. The summed E-state index contributed by atoms with van der Waals surface area (Å²) in [6.45, 7) is 1.94. The number of carbonyl (C=O) groups is 2. The van der Waals surface area contributed by atoms with Gasteiger partial charge >= 0.3 is 0 Å². The lowest BCUT2D eigenvalue weighted by Crippen LogP contribution is -2.51. The number of nitrogens with one attached hydrogen (secondary N) is 2. The van der Waals surface area contributed by atoms with E-state index in [2.05, 4.69) is 10.6 Å². The summed E-state index contributed by atoms with van der Waals surface area (Å²) in [5.41, 5.74) is 6.77. The van der Waals surface area contributed by atoms with E-state index in [-0.39, 0.29) is 36.2 Å². The first kappa shape index (κ1) is 20.0. The minimum atomic E-state index is -0.485. The Morgan fingerprint density at radius 3 is 2.60 bits per heavy atom. The molecule has 1 aromatic rings. The standard InChI is InChI=1S/C18H24ClN3O2.ClH/c1-18(20)9-3-2-4-14(18)17(24)22-12-7-8-15(19)13(10-12)16(23)21-11-5-6-11;/h7-8,10-11,14H,2-6,9,20H2,1H3,(H,21,23)(H,22,24);1H. The van der Waals surface area contributed by atoms with E-state index in [0.717, 1.165) is 38.5 Å². The molecule has 0 heterocycles. The van der Waals surface area contributed by atoms with Gasteiger partial charge in [-0.15, -0.1) is 12.4 Å². The zero-order valence-electron chi connectivity index (χ0n) is 14.3. The molecular formula is C18H25Cl2N3O2. The fourth-order valence-corrected chi connectivity index (χ4v) is 3.49. The van der Waals surface area contributed by atoms with Gasteiger partial charge < -0.3 is 16.4 Å². The van der Waals surface area contributed by atoms with Crippen LogP contribution in [0.2, 0.25) is 5.02 Å². The third kappa shape index (κ3) is 4.87. The lowest BCUT2D eigenvalue weighted by molar-refractivity contribution is -0.122. The van der Waals surface area contributed by atoms with Crippen LogP contribution in [0.1, 0.15) is 55.8 Å². The molecule has 138 valence electrons. The highest BCUT2D eigenvalue weighted by atomic mass is 35.5. The van der Waals surface area contributed by atoms with Gasteiger partial charge in [-0.2, -0.15) is 0 Å². The van der Waals surface area contributed by atoms with Crippen LogP contribution in [0.15, 0.2) is 18.2 Å². The summed E-state index contributed by atoms with van der Waals surface area (Å²) in [7, 11) is 0. The van der Waals surface area contributed by atoms with E-state index in [0.29, 0.717) is 16.3 Å². The summed E-state index contributed by atoms with van der Waals surface area (Å²) in [5.74, 6) is -0.499. The molecule has 7 heteroatoms. The molecule has 25 heavy (non-hydrogen) atoms. The molecule has 2 unspecified atom stereocenters. The van der Waals surface area contributed by atoms with Crippen LogP contribution in [-0.4, -0.2) is 23.4 Å². The number of amides is 2. The van der Waals surface area contributed by atoms with E-state index >= 15 is 0 Å². The molecule has 3 rings (SSSR count). The van der Waals surface area contributed by atoms with Crippen molar-refractivity contribution in [3.05, 3.63) is 28.8 Å². The topological polar surface area (TPSA) is 84.2 Å². The van der Waals surface area contributed by atoms with Crippen molar-refractivity contribution in [3.8, 4) is 0 Å². The van der Waals surface area contributed by atoms with Gasteiger partial charge in [0.25, 0.3) is 5.91 Å². The van der Waals surface area contributed by atoms with E-state index in [4.69, 9.17) is 17.3 Å². The van der Waals surface area contributed by atoms with Gasteiger partial charge in [-0.05, 0) is 50.8 Å². The number of nitrogens with two attached hydrogens (primary N) is 1. The average molecular weight is 386 g/mol. The van der Waals surface area contributed by atoms with Crippen molar-refractivity contribution in [2.75, 3.05) is 5.32 Å². The summed E-state index contributed by atoms with van der Waals surface area (Å²) < 4.78 is 0. The van der Waals surface area contributed by atoms with Crippen LogP contribution in [0.5, 0.6) is 0 Å². The Labute approximate surface area is 159 Å². The van der Waals surface area contributed by atoms with Crippen LogP contribution in [-0.2, 0) is 4.79 Å². The third-order valence-corrected chi connectivity index (χ3v) is 5.29. The second kappa shape index (κ2) is 7.94. The van der Waals surface area contributed by atoms with Gasteiger partial charge in [-0.1, -0.05) is 24.4 Å². The molecule has 5 nitrogen and oxygen atoms in total. The monoisotopic (exact) mass is 385 g/mol. The molecule has 2 fully saturated rings. The van der Waals surface area contributed by atoms with Crippen LogP contribution >= 0.6 is 24.0 Å². The van der Waals surface area contributed by atoms with E-state index in [1.807, 2.05) is 6.92 Å². The number of carbonyl (C=O) groups excluding carboxylic acids is 2. The predicted octanol–water partition coefficient (Wildman–Crippen LogP) is 3.50. The number of rotatable bonds is 4. The number of benzene rings is 1. The summed E-state index contributed by atoms with van der Waals surface area (Å²) in [4.78, 5) is 24.8. The van der Waals surface area contributed by atoms with Gasteiger partial charge in [0, 0.05) is 17.3 Å². The molecule has 2 saturated carbocycles. The average Bonchev–Trinajstić information content (AvgIpc) is 3.32. The van der Waals surface area contributed by atoms with Crippen LogP contribution in [0.4, 0.5) is 5.69 Å². The summed E-state index contributed by atoms with van der Waals surface area (Å²) in [6, 6.07) is 5.24. The van der Waals surface area contributed by atoms with E-state index in [1.54, 1.807) is 18.2 Å². The maximum Gasteiger partial charge on any atom is 0.253 e. The van der Waals surface area contributed by atoms with E-state index in [1.165, 1.54) is 0 Å². The summed E-state index contributed by atoms with van der Waals surface area (Å²) >= 11 is 6.13. The zero-order chi connectivity index (χ0) is 17.3. The number of halogens is 2. The smallest absolute Gasteiger partial charge is 0.253 e. The van der Waals surface area contributed by atoms with Gasteiger partial charge in [0.05, 0.1) is 16.5 Å². The first-order valence-corrected chi connectivity index (χ1v) is 8.95. The SMILES string of the molecule is CC1(N)CCCCC1C(=O)Nc1ccc(Cl)c(C(=O)NC2CC2)c1.Cl. The Morgan fingerprint density at radius 2 is 1.96 bits per heavy atom. The molecule has 0 bridgehead atoms. The molecule has 2 aliphatic rings. The van der Waals surface area contributed by atoms with Crippen molar-refractivity contribution in [1.82, 2.24) is 5.32 Å². The number of hydrogen-bond acceptors (Lipinski definition) is 3. The lowest BCUT2D eigenvalue weighted by atomic mass is 9.74. The van der Waals surface area contributed by atoms with Crippen LogP contribution < -0.4 is 16.4 Å². The maximum atomic E-state index is 12.6. The van der Waals surface area contributed by atoms with Gasteiger partial charge in [-0.3, -0.25) is 9.59 Å². The predicted molar refractivity (Wildman–Crippen MR) is 102 cm³/mol.